The molecule has 0 atom stereocenters. The molecule has 1 aliphatic heterocycles. The first kappa shape index (κ1) is 14.1. The van der Waals surface area contributed by atoms with Gasteiger partial charge in [-0.25, -0.2) is 4.79 Å². The van der Waals surface area contributed by atoms with Crippen LogP contribution in [0, 0.1) is 16.0 Å². The normalized spacial score (nSPS) is 15.7. The minimum atomic E-state index is -1.23. The molecular weight excluding hydrogens is 282 g/mol. The van der Waals surface area contributed by atoms with Crippen LogP contribution in [0.2, 0.25) is 0 Å². The summed E-state index contributed by atoms with van der Waals surface area (Å²) in [5.74, 6) is -2.79. The lowest BCUT2D eigenvalue weighted by Gasteiger charge is -2.16. The van der Waals surface area contributed by atoms with E-state index in [1.807, 2.05) is 10.6 Å². The molecule has 1 fully saturated rings. The highest BCUT2D eigenvalue weighted by atomic mass is 16.6. The molecule has 1 aromatic carbocycles. The van der Waals surface area contributed by atoms with Crippen molar-refractivity contribution in [3.05, 3.63) is 34.4 Å². The number of amides is 4. The van der Waals surface area contributed by atoms with Crippen molar-refractivity contribution in [3.63, 3.8) is 0 Å². The average Bonchev–Trinajstić information content (AvgIpc) is 2.42. The number of barbiturate groups is 1. The lowest BCUT2D eigenvalue weighted by Crippen LogP contribution is -2.56. The molecular formula is C11H9N5O5. The van der Waals surface area contributed by atoms with Crippen molar-refractivity contribution in [1.82, 2.24) is 10.6 Å². The molecule has 1 aliphatic rings. The van der Waals surface area contributed by atoms with Gasteiger partial charge in [0.2, 0.25) is 11.8 Å². The van der Waals surface area contributed by atoms with Gasteiger partial charge in [0.15, 0.2) is 5.92 Å². The first-order valence-corrected chi connectivity index (χ1v) is 5.66. The van der Waals surface area contributed by atoms with E-state index >= 15 is 0 Å². The standard InChI is InChI=1S/C11H9N5O5/c17-9-8(10(18)14-11(19)13-9)5-12-15-6-1-3-7(4-2-6)16(20)21/h1-5,8,15H,(H2,13,14,17,18,19). The Hall–Kier alpha value is -3.30. The number of imide groups is 2. The van der Waals surface area contributed by atoms with Crippen molar-refractivity contribution < 1.29 is 19.3 Å². The maximum absolute atomic E-state index is 11.4. The summed E-state index contributed by atoms with van der Waals surface area (Å²) in [5, 5.41) is 18.0. The number of nitrogens with zero attached hydrogens (tertiary/aromatic N) is 2. The van der Waals surface area contributed by atoms with Gasteiger partial charge < -0.3 is 0 Å². The molecule has 108 valence electrons. The molecule has 3 N–H and O–H groups in total. The van der Waals surface area contributed by atoms with Gasteiger partial charge in [0.1, 0.15) is 0 Å². The number of hydrogen-bond acceptors (Lipinski definition) is 7. The van der Waals surface area contributed by atoms with Crippen LogP contribution in [0.4, 0.5) is 16.2 Å². The molecule has 1 heterocycles. The molecule has 10 nitrogen and oxygen atoms in total. The molecule has 0 spiro atoms. The Balaban J connectivity index is 1.98. The lowest BCUT2D eigenvalue weighted by molar-refractivity contribution is -0.384. The molecule has 0 aliphatic carbocycles. The average molecular weight is 291 g/mol. The summed E-state index contributed by atoms with van der Waals surface area (Å²) >= 11 is 0. The van der Waals surface area contributed by atoms with E-state index < -0.39 is 28.7 Å². The molecule has 21 heavy (non-hydrogen) atoms. The SMILES string of the molecule is O=C1NC(=O)C(C=NNc2ccc([N+](=O)[O-])cc2)C(=O)N1. The second kappa shape index (κ2) is 5.77. The molecule has 2 rings (SSSR count). The molecule has 1 saturated heterocycles. The van der Waals surface area contributed by atoms with E-state index in [1.54, 1.807) is 0 Å². The van der Waals surface area contributed by atoms with Crippen LogP contribution < -0.4 is 16.1 Å². The number of carbonyl (C=O) groups excluding carboxylic acids is 3. The molecule has 0 radical (unpaired) electrons. The van der Waals surface area contributed by atoms with Crippen LogP contribution in [0.3, 0.4) is 0 Å². The number of urea groups is 1. The second-order valence-electron chi connectivity index (χ2n) is 3.98. The van der Waals surface area contributed by atoms with Gasteiger partial charge in [-0.3, -0.25) is 35.8 Å². The monoisotopic (exact) mass is 291 g/mol. The minimum Gasteiger partial charge on any atom is -0.279 e. The number of rotatable bonds is 4. The van der Waals surface area contributed by atoms with E-state index in [-0.39, 0.29) is 5.69 Å². The van der Waals surface area contributed by atoms with Crippen LogP contribution in [-0.2, 0) is 9.59 Å². The topological polar surface area (TPSA) is 143 Å². The van der Waals surface area contributed by atoms with Crippen LogP contribution in [0.5, 0.6) is 0 Å². The zero-order chi connectivity index (χ0) is 15.4. The van der Waals surface area contributed by atoms with Crippen molar-refractivity contribution in [2.75, 3.05) is 5.43 Å². The van der Waals surface area contributed by atoms with Crippen molar-refractivity contribution in [2.45, 2.75) is 0 Å². The summed E-state index contributed by atoms with van der Waals surface area (Å²) in [6.07, 6.45) is 1.03. The number of nitrogens with one attached hydrogen (secondary N) is 3. The van der Waals surface area contributed by atoms with E-state index in [9.17, 15) is 24.5 Å². The minimum absolute atomic E-state index is 0.0749. The highest BCUT2D eigenvalue weighted by Gasteiger charge is 2.32. The van der Waals surface area contributed by atoms with Gasteiger partial charge in [0.25, 0.3) is 5.69 Å². The second-order valence-corrected chi connectivity index (χ2v) is 3.98. The Morgan fingerprint density at radius 3 is 2.24 bits per heavy atom. The Morgan fingerprint density at radius 1 is 1.14 bits per heavy atom. The zero-order valence-electron chi connectivity index (χ0n) is 10.4. The Labute approximate surface area is 117 Å². The molecule has 1 aromatic rings. The van der Waals surface area contributed by atoms with Gasteiger partial charge in [0.05, 0.1) is 10.6 Å². The van der Waals surface area contributed by atoms with Crippen molar-refractivity contribution in [2.24, 2.45) is 11.0 Å². The largest absolute Gasteiger partial charge is 0.328 e. The Morgan fingerprint density at radius 2 is 1.71 bits per heavy atom. The van der Waals surface area contributed by atoms with Crippen LogP contribution in [0.25, 0.3) is 0 Å². The third-order valence-corrected chi connectivity index (χ3v) is 2.53. The van der Waals surface area contributed by atoms with Gasteiger partial charge in [-0.15, -0.1) is 0 Å². The molecule has 10 heteroatoms. The van der Waals surface area contributed by atoms with E-state index in [2.05, 4.69) is 10.5 Å². The van der Waals surface area contributed by atoms with Crippen LogP contribution in [0.15, 0.2) is 29.4 Å². The fourth-order valence-corrected chi connectivity index (χ4v) is 1.51. The number of nitro benzene ring substituents is 1. The maximum atomic E-state index is 11.4. The number of benzene rings is 1. The smallest absolute Gasteiger partial charge is 0.279 e. The third-order valence-electron chi connectivity index (χ3n) is 2.53. The van der Waals surface area contributed by atoms with Crippen LogP contribution in [-0.4, -0.2) is 29.0 Å². The third kappa shape index (κ3) is 3.37. The predicted octanol–water partition coefficient (Wildman–Crippen LogP) is -0.0253. The molecule has 0 saturated carbocycles. The van der Waals surface area contributed by atoms with Crippen molar-refractivity contribution in [3.8, 4) is 0 Å². The Bertz CT molecular complexity index is 619. The number of hydrogen-bond donors (Lipinski definition) is 3. The first-order valence-electron chi connectivity index (χ1n) is 5.66. The van der Waals surface area contributed by atoms with Crippen LogP contribution >= 0.6 is 0 Å². The summed E-state index contributed by atoms with van der Waals surface area (Å²) in [5.41, 5.74) is 2.87. The quantitative estimate of drug-likeness (QED) is 0.308. The summed E-state index contributed by atoms with van der Waals surface area (Å²) < 4.78 is 0. The lowest BCUT2D eigenvalue weighted by atomic mass is 10.1. The van der Waals surface area contributed by atoms with Gasteiger partial charge in [-0.2, -0.15) is 5.10 Å². The number of non-ortho nitro benzene ring substituents is 1. The molecule has 0 unspecified atom stereocenters. The Kier molecular flexibility index (Phi) is 3.88. The van der Waals surface area contributed by atoms with E-state index in [0.29, 0.717) is 5.69 Å². The zero-order valence-corrected chi connectivity index (χ0v) is 10.4. The molecule has 4 amide bonds. The predicted molar refractivity (Wildman–Crippen MR) is 70.4 cm³/mol. The van der Waals surface area contributed by atoms with Gasteiger partial charge in [-0.1, -0.05) is 0 Å². The maximum Gasteiger partial charge on any atom is 0.328 e. The number of hydrazone groups is 1. The van der Waals surface area contributed by atoms with E-state index in [4.69, 9.17) is 0 Å². The van der Waals surface area contributed by atoms with E-state index in [1.165, 1.54) is 24.3 Å². The van der Waals surface area contributed by atoms with Crippen molar-refractivity contribution >= 4 is 35.4 Å². The van der Waals surface area contributed by atoms with Gasteiger partial charge in [-0.05, 0) is 12.1 Å². The molecule has 0 aromatic heterocycles. The number of anilines is 1. The summed E-state index contributed by atoms with van der Waals surface area (Å²) in [7, 11) is 0. The highest BCUT2D eigenvalue weighted by molar-refractivity contribution is 6.23. The van der Waals surface area contributed by atoms with Gasteiger partial charge >= 0.3 is 6.03 Å². The van der Waals surface area contributed by atoms with Crippen LogP contribution in [0.1, 0.15) is 0 Å². The van der Waals surface area contributed by atoms with E-state index in [0.717, 1.165) is 6.21 Å². The number of nitro groups is 1. The number of carbonyl (C=O) groups is 3. The summed E-state index contributed by atoms with van der Waals surface area (Å²) in [4.78, 5) is 43.5. The summed E-state index contributed by atoms with van der Waals surface area (Å²) in [6.45, 7) is 0. The van der Waals surface area contributed by atoms with Crippen molar-refractivity contribution in [1.29, 1.82) is 0 Å². The summed E-state index contributed by atoms with van der Waals surface area (Å²) in [6, 6.07) is 4.51. The molecule has 0 bridgehead atoms. The first-order chi connectivity index (χ1) is 9.97. The fourth-order valence-electron chi connectivity index (χ4n) is 1.51. The fraction of sp³-hybridized carbons (Fsp3) is 0.0909. The highest BCUT2D eigenvalue weighted by Crippen LogP contribution is 2.15. The van der Waals surface area contributed by atoms with Gasteiger partial charge in [0, 0.05) is 18.3 Å².